The fourth-order valence-corrected chi connectivity index (χ4v) is 2.59. The average molecular weight is 385 g/mol. The summed E-state index contributed by atoms with van der Waals surface area (Å²) in [7, 11) is 0. The highest BCUT2D eigenvalue weighted by atomic mass is 35.5. The van der Waals surface area contributed by atoms with Crippen LogP contribution < -0.4 is 10.6 Å². The predicted molar refractivity (Wildman–Crippen MR) is 103 cm³/mol. The SMILES string of the molecule is O=C(NCCc1ccc(Cl)cc1)c1cc(NCc2ccccc2F)ncn1. The second kappa shape index (κ2) is 9.09. The monoisotopic (exact) mass is 384 g/mol. The Bertz CT molecular complexity index is 918. The zero-order valence-electron chi connectivity index (χ0n) is 14.5. The normalized spacial score (nSPS) is 10.4. The van der Waals surface area contributed by atoms with Crippen LogP contribution in [0.15, 0.2) is 60.9 Å². The first-order valence-electron chi connectivity index (χ1n) is 8.44. The van der Waals surface area contributed by atoms with Gasteiger partial charge in [-0.3, -0.25) is 4.79 Å². The van der Waals surface area contributed by atoms with Crippen LogP contribution in [0, 0.1) is 5.82 Å². The van der Waals surface area contributed by atoms with Crippen molar-refractivity contribution >= 4 is 23.3 Å². The summed E-state index contributed by atoms with van der Waals surface area (Å²) in [5.41, 5.74) is 1.84. The number of carbonyl (C=O) groups excluding carboxylic acids is 1. The van der Waals surface area contributed by atoms with E-state index < -0.39 is 0 Å². The summed E-state index contributed by atoms with van der Waals surface area (Å²) >= 11 is 5.85. The van der Waals surface area contributed by atoms with Crippen LogP contribution in [0.5, 0.6) is 0 Å². The molecule has 2 aromatic carbocycles. The summed E-state index contributed by atoms with van der Waals surface area (Å²) in [5.74, 6) is -0.129. The number of carbonyl (C=O) groups is 1. The Balaban J connectivity index is 1.53. The molecule has 3 rings (SSSR count). The number of hydrogen-bond donors (Lipinski definition) is 2. The highest BCUT2D eigenvalue weighted by Gasteiger charge is 2.09. The minimum Gasteiger partial charge on any atom is -0.366 e. The van der Waals surface area contributed by atoms with Crippen LogP contribution in [-0.4, -0.2) is 22.4 Å². The molecule has 0 spiro atoms. The van der Waals surface area contributed by atoms with Gasteiger partial charge in [0.1, 0.15) is 23.7 Å². The molecule has 138 valence electrons. The Morgan fingerprint density at radius 2 is 1.85 bits per heavy atom. The molecule has 1 heterocycles. The Labute approximate surface area is 161 Å². The van der Waals surface area contributed by atoms with Crippen LogP contribution in [0.3, 0.4) is 0 Å². The van der Waals surface area contributed by atoms with Crippen molar-refractivity contribution in [2.75, 3.05) is 11.9 Å². The molecule has 27 heavy (non-hydrogen) atoms. The molecule has 1 amide bonds. The Hall–Kier alpha value is -2.99. The number of aromatic nitrogens is 2. The summed E-state index contributed by atoms with van der Waals surface area (Å²) in [6.45, 7) is 0.740. The number of rotatable bonds is 7. The lowest BCUT2D eigenvalue weighted by Gasteiger charge is -2.08. The molecule has 1 aromatic heterocycles. The maximum absolute atomic E-state index is 13.7. The van der Waals surface area contributed by atoms with E-state index in [1.165, 1.54) is 12.4 Å². The van der Waals surface area contributed by atoms with Gasteiger partial charge in [-0.05, 0) is 30.2 Å². The van der Waals surface area contributed by atoms with Gasteiger partial charge in [0.05, 0.1) is 0 Å². The van der Waals surface area contributed by atoms with Gasteiger partial charge in [0.25, 0.3) is 5.91 Å². The molecule has 0 atom stereocenters. The molecule has 0 aliphatic carbocycles. The smallest absolute Gasteiger partial charge is 0.270 e. The number of benzene rings is 2. The summed E-state index contributed by atoms with van der Waals surface area (Å²) in [6, 6.07) is 15.5. The van der Waals surface area contributed by atoms with Gasteiger partial charge in [-0.2, -0.15) is 0 Å². The molecule has 0 aliphatic rings. The van der Waals surface area contributed by atoms with Crippen molar-refractivity contribution in [2.24, 2.45) is 0 Å². The van der Waals surface area contributed by atoms with Crippen molar-refractivity contribution in [3.05, 3.63) is 88.6 Å². The highest BCUT2D eigenvalue weighted by molar-refractivity contribution is 6.30. The predicted octanol–water partition coefficient (Wildman–Crippen LogP) is 3.85. The summed E-state index contributed by atoms with van der Waals surface area (Å²) in [6.07, 6.45) is 1.99. The van der Waals surface area contributed by atoms with Crippen LogP contribution in [-0.2, 0) is 13.0 Å². The number of nitrogens with one attached hydrogen (secondary N) is 2. The Morgan fingerprint density at radius 1 is 1.07 bits per heavy atom. The van der Waals surface area contributed by atoms with E-state index in [1.807, 2.05) is 24.3 Å². The van der Waals surface area contributed by atoms with Gasteiger partial charge < -0.3 is 10.6 Å². The van der Waals surface area contributed by atoms with E-state index in [4.69, 9.17) is 11.6 Å². The number of halogens is 2. The third kappa shape index (κ3) is 5.49. The number of amides is 1. The Kier molecular flexibility index (Phi) is 6.33. The maximum Gasteiger partial charge on any atom is 0.270 e. The molecule has 2 N–H and O–H groups in total. The van der Waals surface area contributed by atoms with E-state index in [1.54, 1.807) is 24.3 Å². The van der Waals surface area contributed by atoms with Crippen LogP contribution in [0.4, 0.5) is 10.2 Å². The van der Waals surface area contributed by atoms with E-state index >= 15 is 0 Å². The van der Waals surface area contributed by atoms with Gasteiger partial charge in [-0.1, -0.05) is 41.9 Å². The quantitative estimate of drug-likeness (QED) is 0.649. The summed E-state index contributed by atoms with van der Waals surface area (Å²) in [5, 5.41) is 6.50. The molecular formula is C20H18ClFN4O. The molecule has 7 heteroatoms. The lowest BCUT2D eigenvalue weighted by atomic mass is 10.1. The first-order valence-corrected chi connectivity index (χ1v) is 8.81. The Morgan fingerprint density at radius 3 is 2.63 bits per heavy atom. The fourth-order valence-electron chi connectivity index (χ4n) is 2.47. The van der Waals surface area contributed by atoms with Crippen LogP contribution in [0.2, 0.25) is 5.02 Å². The molecule has 0 saturated carbocycles. The van der Waals surface area contributed by atoms with Gasteiger partial charge in [-0.25, -0.2) is 14.4 Å². The average Bonchev–Trinajstić information content (AvgIpc) is 2.69. The second-order valence-electron chi connectivity index (χ2n) is 5.87. The van der Waals surface area contributed by atoms with Crippen molar-refractivity contribution in [2.45, 2.75) is 13.0 Å². The first kappa shape index (κ1) is 18.8. The molecule has 5 nitrogen and oxygen atoms in total. The maximum atomic E-state index is 13.7. The van der Waals surface area contributed by atoms with Crippen LogP contribution in [0.25, 0.3) is 0 Å². The lowest BCUT2D eigenvalue weighted by Crippen LogP contribution is -2.26. The van der Waals surface area contributed by atoms with Gasteiger partial charge in [0.2, 0.25) is 0 Å². The van der Waals surface area contributed by atoms with Crippen LogP contribution in [0.1, 0.15) is 21.6 Å². The zero-order valence-corrected chi connectivity index (χ0v) is 15.2. The molecule has 0 bridgehead atoms. The molecule has 3 aromatic rings. The second-order valence-corrected chi connectivity index (χ2v) is 6.30. The van der Waals surface area contributed by atoms with Crippen molar-refractivity contribution < 1.29 is 9.18 Å². The molecule has 0 fully saturated rings. The van der Waals surface area contributed by atoms with E-state index in [-0.39, 0.29) is 24.0 Å². The van der Waals surface area contributed by atoms with Crippen molar-refractivity contribution in [3.8, 4) is 0 Å². The van der Waals surface area contributed by atoms with E-state index in [0.717, 1.165) is 5.56 Å². The summed E-state index contributed by atoms with van der Waals surface area (Å²) in [4.78, 5) is 20.3. The lowest BCUT2D eigenvalue weighted by molar-refractivity contribution is 0.0949. The molecule has 0 unspecified atom stereocenters. The first-order chi connectivity index (χ1) is 13.1. The third-order valence-electron chi connectivity index (χ3n) is 3.93. The summed E-state index contributed by atoms with van der Waals surface area (Å²) < 4.78 is 13.7. The van der Waals surface area contributed by atoms with E-state index in [2.05, 4.69) is 20.6 Å². The van der Waals surface area contributed by atoms with E-state index in [9.17, 15) is 9.18 Å². The molecule has 0 saturated heterocycles. The van der Waals surface area contributed by atoms with Gasteiger partial charge in [-0.15, -0.1) is 0 Å². The van der Waals surface area contributed by atoms with Crippen molar-refractivity contribution in [1.82, 2.24) is 15.3 Å². The topological polar surface area (TPSA) is 66.9 Å². The van der Waals surface area contributed by atoms with Gasteiger partial charge in [0.15, 0.2) is 0 Å². The number of anilines is 1. The zero-order chi connectivity index (χ0) is 19.1. The molecule has 0 radical (unpaired) electrons. The minimum atomic E-state index is -0.292. The molecule has 0 aliphatic heterocycles. The standard InChI is InChI=1S/C20H18ClFN4O/c21-16-7-5-14(6-8-16)9-10-23-20(27)18-11-19(26-13-25-18)24-12-15-3-1-2-4-17(15)22/h1-8,11,13H,9-10,12H2,(H,23,27)(H,24,25,26). The third-order valence-corrected chi connectivity index (χ3v) is 4.18. The van der Waals surface area contributed by atoms with Crippen molar-refractivity contribution in [3.63, 3.8) is 0 Å². The van der Waals surface area contributed by atoms with Crippen LogP contribution >= 0.6 is 11.6 Å². The fraction of sp³-hybridized carbons (Fsp3) is 0.150. The van der Waals surface area contributed by atoms with E-state index in [0.29, 0.717) is 29.4 Å². The van der Waals surface area contributed by atoms with Gasteiger partial charge in [0, 0.05) is 29.7 Å². The number of hydrogen-bond acceptors (Lipinski definition) is 4. The molecular weight excluding hydrogens is 367 g/mol. The van der Waals surface area contributed by atoms with Crippen molar-refractivity contribution in [1.29, 1.82) is 0 Å². The largest absolute Gasteiger partial charge is 0.366 e. The minimum absolute atomic E-state index is 0.247. The highest BCUT2D eigenvalue weighted by Crippen LogP contribution is 2.11. The number of nitrogens with zero attached hydrogens (tertiary/aromatic N) is 2. The van der Waals surface area contributed by atoms with Gasteiger partial charge >= 0.3 is 0 Å².